The average Bonchev–Trinajstić information content (AvgIpc) is 2.21. The standard InChI is InChI=1S/C10H13N3O4/c1-6(14)13(7(2)15)8-5-9(16)12(4)10(17)11(8)3/h5H,1-4H3. The van der Waals surface area contributed by atoms with Gasteiger partial charge in [-0.3, -0.25) is 23.5 Å². The van der Waals surface area contributed by atoms with Gasteiger partial charge in [0.1, 0.15) is 5.82 Å². The first kappa shape index (κ1) is 12.9. The van der Waals surface area contributed by atoms with Crippen molar-refractivity contribution in [3.63, 3.8) is 0 Å². The number of nitrogens with zero attached hydrogens (tertiary/aromatic N) is 3. The molecule has 0 saturated heterocycles. The maximum absolute atomic E-state index is 11.6. The summed E-state index contributed by atoms with van der Waals surface area (Å²) >= 11 is 0. The Morgan fingerprint density at radius 2 is 1.53 bits per heavy atom. The molecule has 7 nitrogen and oxygen atoms in total. The van der Waals surface area contributed by atoms with Gasteiger partial charge in [-0.2, -0.15) is 0 Å². The fourth-order valence-electron chi connectivity index (χ4n) is 1.48. The Morgan fingerprint density at radius 1 is 1.06 bits per heavy atom. The van der Waals surface area contributed by atoms with Gasteiger partial charge in [-0.1, -0.05) is 0 Å². The van der Waals surface area contributed by atoms with Crippen molar-refractivity contribution >= 4 is 17.6 Å². The van der Waals surface area contributed by atoms with E-state index in [2.05, 4.69) is 0 Å². The maximum Gasteiger partial charge on any atom is 0.332 e. The van der Waals surface area contributed by atoms with Gasteiger partial charge < -0.3 is 0 Å². The molecule has 0 N–H and O–H groups in total. The topological polar surface area (TPSA) is 81.4 Å². The first-order chi connectivity index (χ1) is 7.77. The number of hydrogen-bond acceptors (Lipinski definition) is 4. The Morgan fingerprint density at radius 3 is 1.94 bits per heavy atom. The van der Waals surface area contributed by atoms with Crippen LogP contribution in [0.25, 0.3) is 0 Å². The molecule has 2 amide bonds. The highest BCUT2D eigenvalue weighted by atomic mass is 16.2. The lowest BCUT2D eigenvalue weighted by molar-refractivity contribution is -0.124. The molecule has 1 aromatic heterocycles. The number of hydrogen-bond donors (Lipinski definition) is 0. The number of anilines is 1. The fraction of sp³-hybridized carbons (Fsp3) is 0.400. The predicted octanol–water partition coefficient (Wildman–Crippen LogP) is -1.02. The minimum atomic E-state index is -0.597. The normalized spacial score (nSPS) is 10.1. The number of carbonyl (C=O) groups excluding carboxylic acids is 2. The zero-order chi connectivity index (χ0) is 13.3. The van der Waals surface area contributed by atoms with Crippen LogP contribution in [-0.2, 0) is 23.7 Å². The van der Waals surface area contributed by atoms with E-state index in [1.165, 1.54) is 27.9 Å². The molecular weight excluding hydrogens is 226 g/mol. The van der Waals surface area contributed by atoms with E-state index in [4.69, 9.17) is 0 Å². The van der Waals surface area contributed by atoms with Gasteiger partial charge in [0.2, 0.25) is 11.8 Å². The smallest absolute Gasteiger partial charge is 0.282 e. The lowest BCUT2D eigenvalue weighted by Crippen LogP contribution is -2.43. The minimum absolute atomic E-state index is 0.0295. The predicted molar refractivity (Wildman–Crippen MR) is 60.8 cm³/mol. The molecule has 0 atom stereocenters. The van der Waals surface area contributed by atoms with E-state index < -0.39 is 23.1 Å². The highest BCUT2D eigenvalue weighted by Gasteiger charge is 2.20. The highest BCUT2D eigenvalue weighted by Crippen LogP contribution is 2.08. The zero-order valence-corrected chi connectivity index (χ0v) is 10.1. The molecule has 0 aliphatic heterocycles. The van der Waals surface area contributed by atoms with Crippen LogP contribution in [0, 0.1) is 0 Å². The van der Waals surface area contributed by atoms with E-state index in [1.54, 1.807) is 0 Å². The van der Waals surface area contributed by atoms with Crippen LogP contribution in [-0.4, -0.2) is 20.9 Å². The van der Waals surface area contributed by atoms with E-state index >= 15 is 0 Å². The molecular formula is C10H13N3O4. The Balaban J connectivity index is 3.62. The van der Waals surface area contributed by atoms with Crippen LogP contribution in [0.1, 0.15) is 13.8 Å². The second-order valence-electron chi connectivity index (χ2n) is 3.61. The second kappa shape index (κ2) is 4.36. The highest BCUT2D eigenvalue weighted by molar-refractivity contribution is 6.12. The van der Waals surface area contributed by atoms with Crippen molar-refractivity contribution in [3.05, 3.63) is 26.9 Å². The number of imide groups is 1. The summed E-state index contributed by atoms with van der Waals surface area (Å²) in [5.41, 5.74) is -1.17. The lowest BCUT2D eigenvalue weighted by atomic mass is 10.4. The van der Waals surface area contributed by atoms with Crippen molar-refractivity contribution in [3.8, 4) is 0 Å². The monoisotopic (exact) mass is 239 g/mol. The van der Waals surface area contributed by atoms with Gasteiger partial charge in [-0.15, -0.1) is 0 Å². The summed E-state index contributed by atoms with van der Waals surface area (Å²) in [5, 5.41) is 0. The Hall–Kier alpha value is -2.18. The first-order valence-corrected chi connectivity index (χ1v) is 4.85. The van der Waals surface area contributed by atoms with Crippen molar-refractivity contribution in [1.82, 2.24) is 9.13 Å². The Kier molecular flexibility index (Phi) is 3.31. The van der Waals surface area contributed by atoms with Crippen LogP contribution < -0.4 is 16.1 Å². The van der Waals surface area contributed by atoms with Crippen LogP contribution in [0.15, 0.2) is 15.7 Å². The van der Waals surface area contributed by atoms with Crippen molar-refractivity contribution in [2.75, 3.05) is 4.90 Å². The van der Waals surface area contributed by atoms with Crippen molar-refractivity contribution in [2.45, 2.75) is 13.8 Å². The van der Waals surface area contributed by atoms with Crippen LogP contribution in [0.4, 0.5) is 5.82 Å². The van der Waals surface area contributed by atoms with E-state index in [9.17, 15) is 19.2 Å². The second-order valence-corrected chi connectivity index (χ2v) is 3.61. The number of rotatable bonds is 1. The summed E-state index contributed by atoms with van der Waals surface area (Å²) in [7, 11) is 2.70. The van der Waals surface area contributed by atoms with Gasteiger partial charge in [-0.05, 0) is 0 Å². The van der Waals surface area contributed by atoms with Crippen LogP contribution in [0.2, 0.25) is 0 Å². The van der Waals surface area contributed by atoms with Gasteiger partial charge >= 0.3 is 5.69 Å². The maximum atomic E-state index is 11.6. The molecule has 17 heavy (non-hydrogen) atoms. The zero-order valence-electron chi connectivity index (χ0n) is 10.1. The number of amides is 2. The molecule has 1 rings (SSSR count). The van der Waals surface area contributed by atoms with Gasteiger partial charge in [0.05, 0.1) is 0 Å². The molecule has 0 aliphatic carbocycles. The average molecular weight is 239 g/mol. The summed E-state index contributed by atoms with van der Waals surface area (Å²) in [6, 6.07) is 1.07. The molecule has 0 radical (unpaired) electrons. The van der Waals surface area contributed by atoms with E-state index in [0.29, 0.717) is 0 Å². The van der Waals surface area contributed by atoms with Gasteiger partial charge in [0.15, 0.2) is 0 Å². The fourth-order valence-corrected chi connectivity index (χ4v) is 1.48. The molecule has 1 heterocycles. The molecule has 0 spiro atoms. The quantitative estimate of drug-likeness (QED) is 0.628. The summed E-state index contributed by atoms with van der Waals surface area (Å²) in [6.07, 6.45) is 0. The molecule has 7 heteroatoms. The molecule has 92 valence electrons. The minimum Gasteiger partial charge on any atom is -0.282 e. The third kappa shape index (κ3) is 2.17. The van der Waals surface area contributed by atoms with E-state index in [-0.39, 0.29) is 5.82 Å². The van der Waals surface area contributed by atoms with Crippen LogP contribution in [0.5, 0.6) is 0 Å². The Bertz CT molecular complexity index is 583. The van der Waals surface area contributed by atoms with Gasteiger partial charge in [0.25, 0.3) is 5.56 Å². The van der Waals surface area contributed by atoms with Crippen LogP contribution >= 0.6 is 0 Å². The number of carbonyl (C=O) groups is 2. The summed E-state index contributed by atoms with van der Waals surface area (Å²) < 4.78 is 1.96. The molecule has 0 saturated carbocycles. The van der Waals surface area contributed by atoms with E-state index in [1.807, 2.05) is 0 Å². The summed E-state index contributed by atoms with van der Waals surface area (Å²) in [6.45, 7) is 2.37. The Labute approximate surface area is 96.9 Å². The van der Waals surface area contributed by atoms with Crippen molar-refractivity contribution in [1.29, 1.82) is 0 Å². The molecule has 0 fully saturated rings. The third-order valence-corrected chi connectivity index (χ3v) is 2.36. The molecule has 1 aromatic rings. The van der Waals surface area contributed by atoms with E-state index in [0.717, 1.165) is 20.1 Å². The third-order valence-electron chi connectivity index (χ3n) is 2.36. The summed E-state index contributed by atoms with van der Waals surface area (Å²) in [4.78, 5) is 46.5. The lowest BCUT2D eigenvalue weighted by Gasteiger charge is -2.19. The summed E-state index contributed by atoms with van der Waals surface area (Å²) in [5.74, 6) is -1.14. The molecule has 0 bridgehead atoms. The van der Waals surface area contributed by atoms with Crippen molar-refractivity contribution < 1.29 is 9.59 Å². The van der Waals surface area contributed by atoms with Crippen LogP contribution in [0.3, 0.4) is 0 Å². The molecule has 0 aromatic carbocycles. The van der Waals surface area contributed by atoms with Crippen molar-refractivity contribution in [2.24, 2.45) is 14.1 Å². The van der Waals surface area contributed by atoms with Gasteiger partial charge in [-0.25, -0.2) is 9.69 Å². The van der Waals surface area contributed by atoms with Gasteiger partial charge in [0, 0.05) is 34.0 Å². The first-order valence-electron chi connectivity index (χ1n) is 4.85. The largest absolute Gasteiger partial charge is 0.332 e. The number of aromatic nitrogens is 2. The molecule has 0 aliphatic rings. The molecule has 0 unspecified atom stereocenters. The SMILES string of the molecule is CC(=O)N(C(C)=O)c1cc(=O)n(C)c(=O)n1C.